The van der Waals surface area contributed by atoms with Crippen molar-refractivity contribution in [3.05, 3.63) is 59.7 Å². The number of benzene rings is 2. The second-order valence-electron chi connectivity index (χ2n) is 5.15. The molecule has 2 aromatic carbocycles. The Hall–Kier alpha value is -3.15. The highest BCUT2D eigenvalue weighted by molar-refractivity contribution is 6.10. The van der Waals surface area contributed by atoms with Gasteiger partial charge >= 0.3 is 5.97 Å². The van der Waals surface area contributed by atoms with Gasteiger partial charge in [0.1, 0.15) is 0 Å². The van der Waals surface area contributed by atoms with E-state index < -0.39 is 5.97 Å². The summed E-state index contributed by atoms with van der Waals surface area (Å²) in [7, 11) is 0. The molecule has 1 aliphatic rings. The standard InChI is InChI=1S/C17H14N2O4/c20-15-9-10-19(14-4-2-1-3-13(14)18-15)16(21)11-5-7-12(8-6-11)17(22)23/h1-8H,9-10H2,(H,18,20)(H,22,23). The molecule has 0 aliphatic carbocycles. The van der Waals surface area contributed by atoms with Crippen molar-refractivity contribution in [1.29, 1.82) is 0 Å². The van der Waals surface area contributed by atoms with E-state index in [1.54, 1.807) is 24.3 Å². The van der Waals surface area contributed by atoms with Gasteiger partial charge in [0, 0.05) is 18.5 Å². The number of amides is 2. The SMILES string of the molecule is O=C1CCN(C(=O)c2ccc(C(=O)O)cc2)c2ccccc2N1. The number of carboxylic acid groups (broad SMARTS) is 1. The molecule has 23 heavy (non-hydrogen) atoms. The van der Waals surface area contributed by atoms with Gasteiger partial charge in [0.2, 0.25) is 5.91 Å². The number of carbonyl (C=O) groups is 3. The molecule has 6 heteroatoms. The highest BCUT2D eigenvalue weighted by atomic mass is 16.4. The van der Waals surface area contributed by atoms with Gasteiger partial charge in [-0.3, -0.25) is 9.59 Å². The number of para-hydroxylation sites is 2. The molecule has 0 atom stereocenters. The normalized spacial score (nSPS) is 13.7. The Morgan fingerprint density at radius 3 is 2.35 bits per heavy atom. The van der Waals surface area contributed by atoms with E-state index in [2.05, 4.69) is 5.32 Å². The molecule has 0 aromatic heterocycles. The number of hydrogen-bond acceptors (Lipinski definition) is 3. The highest BCUT2D eigenvalue weighted by Crippen LogP contribution is 2.29. The average Bonchev–Trinajstić information content (AvgIpc) is 2.72. The zero-order valence-corrected chi connectivity index (χ0v) is 12.2. The van der Waals surface area contributed by atoms with Crippen molar-refractivity contribution in [1.82, 2.24) is 0 Å². The Balaban J connectivity index is 1.95. The molecule has 6 nitrogen and oxygen atoms in total. The summed E-state index contributed by atoms with van der Waals surface area (Å²) in [4.78, 5) is 36.9. The van der Waals surface area contributed by atoms with E-state index in [1.807, 2.05) is 0 Å². The van der Waals surface area contributed by atoms with Gasteiger partial charge in [-0.1, -0.05) is 12.1 Å². The van der Waals surface area contributed by atoms with Crippen molar-refractivity contribution in [2.75, 3.05) is 16.8 Å². The minimum Gasteiger partial charge on any atom is -0.478 e. The number of hydrogen-bond donors (Lipinski definition) is 2. The molecule has 0 radical (unpaired) electrons. The van der Waals surface area contributed by atoms with Crippen LogP contribution in [-0.4, -0.2) is 29.4 Å². The number of nitrogens with zero attached hydrogens (tertiary/aromatic N) is 1. The first kappa shape index (κ1) is 14.8. The van der Waals surface area contributed by atoms with Crippen molar-refractivity contribution in [3.8, 4) is 0 Å². The van der Waals surface area contributed by atoms with E-state index >= 15 is 0 Å². The first-order valence-electron chi connectivity index (χ1n) is 7.10. The molecule has 0 spiro atoms. The molecular weight excluding hydrogens is 296 g/mol. The third kappa shape index (κ3) is 2.91. The molecule has 0 fully saturated rings. The molecular formula is C17H14N2O4. The van der Waals surface area contributed by atoms with E-state index in [1.165, 1.54) is 29.2 Å². The van der Waals surface area contributed by atoms with E-state index in [0.717, 1.165) is 0 Å². The largest absolute Gasteiger partial charge is 0.478 e. The Morgan fingerprint density at radius 2 is 1.65 bits per heavy atom. The topological polar surface area (TPSA) is 86.7 Å². The van der Waals surface area contributed by atoms with Gasteiger partial charge in [0.15, 0.2) is 0 Å². The summed E-state index contributed by atoms with van der Waals surface area (Å²) >= 11 is 0. The summed E-state index contributed by atoms with van der Waals surface area (Å²) in [6.45, 7) is 0.266. The van der Waals surface area contributed by atoms with E-state index in [4.69, 9.17) is 5.11 Å². The Bertz CT molecular complexity index is 783. The maximum absolute atomic E-state index is 12.7. The van der Waals surface area contributed by atoms with Crippen LogP contribution in [0, 0.1) is 0 Å². The maximum atomic E-state index is 12.7. The molecule has 0 saturated heterocycles. The monoisotopic (exact) mass is 310 g/mol. The lowest BCUT2D eigenvalue weighted by atomic mass is 10.1. The lowest BCUT2D eigenvalue weighted by Crippen LogP contribution is -2.31. The second kappa shape index (κ2) is 5.92. The van der Waals surface area contributed by atoms with Crippen LogP contribution in [-0.2, 0) is 4.79 Å². The maximum Gasteiger partial charge on any atom is 0.335 e. The van der Waals surface area contributed by atoms with Crippen LogP contribution in [0.4, 0.5) is 11.4 Å². The molecule has 1 aliphatic heterocycles. The van der Waals surface area contributed by atoms with Crippen LogP contribution < -0.4 is 10.2 Å². The number of carboxylic acids is 1. The molecule has 2 amide bonds. The molecule has 3 rings (SSSR count). The van der Waals surface area contributed by atoms with Crippen LogP contribution in [0.5, 0.6) is 0 Å². The predicted octanol–water partition coefficient (Wildman–Crippen LogP) is 2.37. The Labute approximate surface area is 132 Å². The van der Waals surface area contributed by atoms with Crippen molar-refractivity contribution >= 4 is 29.2 Å². The van der Waals surface area contributed by atoms with Gasteiger partial charge in [-0.05, 0) is 36.4 Å². The van der Waals surface area contributed by atoms with Gasteiger partial charge in [-0.15, -0.1) is 0 Å². The summed E-state index contributed by atoms with van der Waals surface area (Å²) in [5.74, 6) is -1.46. The number of anilines is 2. The molecule has 2 N–H and O–H groups in total. The van der Waals surface area contributed by atoms with Crippen molar-refractivity contribution in [3.63, 3.8) is 0 Å². The lowest BCUT2D eigenvalue weighted by molar-refractivity contribution is -0.115. The number of aromatic carboxylic acids is 1. The van der Waals surface area contributed by atoms with E-state index in [9.17, 15) is 14.4 Å². The number of nitrogens with one attached hydrogen (secondary N) is 1. The third-order valence-corrected chi connectivity index (χ3v) is 3.66. The average molecular weight is 310 g/mol. The quantitative estimate of drug-likeness (QED) is 0.891. The Kier molecular flexibility index (Phi) is 3.80. The molecule has 2 aromatic rings. The van der Waals surface area contributed by atoms with E-state index in [0.29, 0.717) is 16.9 Å². The third-order valence-electron chi connectivity index (χ3n) is 3.66. The van der Waals surface area contributed by atoms with E-state index in [-0.39, 0.29) is 30.3 Å². The summed E-state index contributed by atoms with van der Waals surface area (Å²) < 4.78 is 0. The fourth-order valence-corrected chi connectivity index (χ4v) is 2.48. The van der Waals surface area contributed by atoms with Crippen LogP contribution in [0.15, 0.2) is 48.5 Å². The van der Waals surface area contributed by atoms with Crippen molar-refractivity contribution in [2.24, 2.45) is 0 Å². The van der Waals surface area contributed by atoms with Gasteiger partial charge in [0.05, 0.1) is 16.9 Å². The Morgan fingerprint density at radius 1 is 1.00 bits per heavy atom. The first-order valence-corrected chi connectivity index (χ1v) is 7.10. The molecule has 1 heterocycles. The molecule has 0 unspecified atom stereocenters. The van der Waals surface area contributed by atoms with Crippen molar-refractivity contribution < 1.29 is 19.5 Å². The van der Waals surface area contributed by atoms with Crippen LogP contribution in [0.25, 0.3) is 0 Å². The van der Waals surface area contributed by atoms with Crippen LogP contribution in [0.1, 0.15) is 27.1 Å². The van der Waals surface area contributed by atoms with Crippen molar-refractivity contribution in [2.45, 2.75) is 6.42 Å². The van der Waals surface area contributed by atoms with Gasteiger partial charge in [0.25, 0.3) is 5.91 Å². The summed E-state index contributed by atoms with van der Waals surface area (Å²) in [6.07, 6.45) is 0.202. The molecule has 0 saturated carbocycles. The summed E-state index contributed by atoms with van der Waals surface area (Å²) in [5.41, 5.74) is 1.71. The molecule has 116 valence electrons. The minimum absolute atomic E-state index is 0.120. The smallest absolute Gasteiger partial charge is 0.335 e. The first-order chi connectivity index (χ1) is 11.1. The fraction of sp³-hybridized carbons (Fsp3) is 0.118. The van der Waals surface area contributed by atoms with Crippen LogP contribution in [0.2, 0.25) is 0 Å². The van der Waals surface area contributed by atoms with Gasteiger partial charge in [-0.25, -0.2) is 4.79 Å². The summed E-state index contributed by atoms with van der Waals surface area (Å²) in [6, 6.07) is 12.8. The van der Waals surface area contributed by atoms with Crippen LogP contribution >= 0.6 is 0 Å². The van der Waals surface area contributed by atoms with Gasteiger partial charge < -0.3 is 15.3 Å². The summed E-state index contributed by atoms with van der Waals surface area (Å²) in [5, 5.41) is 11.7. The second-order valence-corrected chi connectivity index (χ2v) is 5.15. The molecule has 0 bridgehead atoms. The zero-order valence-electron chi connectivity index (χ0n) is 12.2. The highest BCUT2D eigenvalue weighted by Gasteiger charge is 2.24. The predicted molar refractivity (Wildman–Crippen MR) is 84.8 cm³/mol. The number of rotatable bonds is 2. The fourth-order valence-electron chi connectivity index (χ4n) is 2.48. The number of fused-ring (bicyclic) bond motifs is 1. The lowest BCUT2D eigenvalue weighted by Gasteiger charge is -2.22. The minimum atomic E-state index is -1.04. The van der Waals surface area contributed by atoms with Crippen LogP contribution in [0.3, 0.4) is 0 Å². The van der Waals surface area contributed by atoms with Gasteiger partial charge in [-0.2, -0.15) is 0 Å². The number of carbonyl (C=O) groups excluding carboxylic acids is 2. The zero-order chi connectivity index (χ0) is 16.4.